The first-order valence-corrected chi connectivity index (χ1v) is 8.81. The van der Waals surface area contributed by atoms with Crippen LogP contribution in [0, 0.1) is 0 Å². The fourth-order valence-corrected chi connectivity index (χ4v) is 2.09. The van der Waals surface area contributed by atoms with Gasteiger partial charge in [-0.25, -0.2) is 4.79 Å². The first-order valence-electron chi connectivity index (χ1n) is 8.81. The molecule has 0 N–H and O–H groups in total. The Morgan fingerprint density at radius 3 is 2.31 bits per heavy atom. The van der Waals surface area contributed by atoms with Crippen molar-refractivity contribution in [2.75, 3.05) is 20.3 Å². The highest BCUT2D eigenvalue weighted by atomic mass is 16.5. The molecule has 0 aliphatic carbocycles. The van der Waals surface area contributed by atoms with E-state index in [1.807, 2.05) is 30.3 Å². The van der Waals surface area contributed by atoms with E-state index in [1.165, 1.54) is 7.11 Å². The van der Waals surface area contributed by atoms with Gasteiger partial charge in [0, 0.05) is 5.57 Å². The van der Waals surface area contributed by atoms with Crippen molar-refractivity contribution in [2.24, 2.45) is 0 Å². The lowest BCUT2D eigenvalue weighted by Gasteiger charge is -2.07. The van der Waals surface area contributed by atoms with E-state index in [-0.39, 0.29) is 18.4 Å². The molecule has 0 atom stereocenters. The van der Waals surface area contributed by atoms with Crippen molar-refractivity contribution in [3.05, 3.63) is 48.1 Å². The van der Waals surface area contributed by atoms with E-state index in [0.29, 0.717) is 18.8 Å². The zero-order chi connectivity index (χ0) is 19.2. The highest BCUT2D eigenvalue weighted by Crippen LogP contribution is 2.14. The van der Waals surface area contributed by atoms with Gasteiger partial charge in [-0.3, -0.25) is 4.79 Å². The Morgan fingerprint density at radius 1 is 1.04 bits per heavy atom. The SMILES string of the molecule is C=C(C)C(=O)OCCCCCCOc1ccc(/C=C/CC(=O)OC)cc1. The Morgan fingerprint density at radius 2 is 1.69 bits per heavy atom. The third kappa shape index (κ3) is 9.67. The van der Waals surface area contributed by atoms with Crippen molar-refractivity contribution in [3.63, 3.8) is 0 Å². The second-order valence-electron chi connectivity index (χ2n) is 5.93. The molecule has 26 heavy (non-hydrogen) atoms. The van der Waals surface area contributed by atoms with Crippen molar-refractivity contribution < 1.29 is 23.8 Å². The largest absolute Gasteiger partial charge is 0.494 e. The minimum atomic E-state index is -0.322. The predicted octanol–water partition coefficient (Wildman–Crippen LogP) is 4.32. The molecule has 5 nitrogen and oxygen atoms in total. The van der Waals surface area contributed by atoms with Crippen molar-refractivity contribution in [3.8, 4) is 5.75 Å². The van der Waals surface area contributed by atoms with Crippen LogP contribution in [0.25, 0.3) is 6.08 Å². The Kier molecular flexibility index (Phi) is 10.5. The van der Waals surface area contributed by atoms with Crippen molar-refractivity contribution in [1.82, 2.24) is 0 Å². The van der Waals surface area contributed by atoms with Crippen LogP contribution in [-0.4, -0.2) is 32.3 Å². The maximum absolute atomic E-state index is 11.2. The van der Waals surface area contributed by atoms with Gasteiger partial charge in [0.2, 0.25) is 0 Å². The van der Waals surface area contributed by atoms with Crippen LogP contribution in [-0.2, 0) is 19.1 Å². The molecule has 0 aromatic heterocycles. The summed E-state index contributed by atoms with van der Waals surface area (Å²) in [6.07, 6.45) is 7.74. The third-order valence-electron chi connectivity index (χ3n) is 3.59. The van der Waals surface area contributed by atoms with Gasteiger partial charge in [-0.1, -0.05) is 30.9 Å². The Balaban J connectivity index is 2.11. The molecule has 0 spiro atoms. The molecule has 0 amide bonds. The third-order valence-corrected chi connectivity index (χ3v) is 3.59. The number of carbonyl (C=O) groups is 2. The standard InChI is InChI=1S/C21H28O5/c1-17(2)21(23)26-16-7-5-4-6-15-25-19-13-11-18(12-14-19)9-8-10-20(22)24-3/h8-9,11-14H,1,4-7,10,15-16H2,2-3H3/b9-8+. The van der Waals surface area contributed by atoms with E-state index < -0.39 is 0 Å². The average molecular weight is 360 g/mol. The van der Waals surface area contributed by atoms with Crippen molar-refractivity contribution in [2.45, 2.75) is 39.0 Å². The van der Waals surface area contributed by atoms with Gasteiger partial charge in [0.15, 0.2) is 0 Å². The van der Waals surface area contributed by atoms with Crippen LogP contribution in [0.1, 0.15) is 44.6 Å². The molecule has 0 heterocycles. The Bertz CT molecular complexity index is 601. The van der Waals surface area contributed by atoms with E-state index in [2.05, 4.69) is 11.3 Å². The Labute approximate surface area is 155 Å². The van der Waals surface area contributed by atoms with Crippen LogP contribution in [0.15, 0.2) is 42.5 Å². The molecule has 0 aliphatic rings. The molecule has 0 radical (unpaired) electrons. The predicted molar refractivity (Wildman–Crippen MR) is 102 cm³/mol. The highest BCUT2D eigenvalue weighted by molar-refractivity contribution is 5.86. The molecule has 5 heteroatoms. The summed E-state index contributed by atoms with van der Waals surface area (Å²) in [6.45, 7) is 6.28. The van der Waals surface area contributed by atoms with Gasteiger partial charge in [-0.05, 0) is 50.3 Å². The summed E-state index contributed by atoms with van der Waals surface area (Å²) in [5.41, 5.74) is 1.44. The summed E-state index contributed by atoms with van der Waals surface area (Å²) >= 11 is 0. The molecule has 1 rings (SSSR count). The zero-order valence-corrected chi connectivity index (χ0v) is 15.7. The molecule has 0 unspecified atom stereocenters. The number of unbranched alkanes of at least 4 members (excludes halogenated alkanes) is 3. The van der Waals surface area contributed by atoms with E-state index in [1.54, 1.807) is 13.0 Å². The summed E-state index contributed by atoms with van der Waals surface area (Å²) in [5.74, 6) is 0.248. The Hall–Kier alpha value is -2.56. The van der Waals surface area contributed by atoms with E-state index >= 15 is 0 Å². The smallest absolute Gasteiger partial charge is 0.333 e. The minimum absolute atomic E-state index is 0.254. The fourth-order valence-electron chi connectivity index (χ4n) is 2.09. The summed E-state index contributed by atoms with van der Waals surface area (Å²) in [5, 5.41) is 0. The van der Waals surface area contributed by atoms with Crippen LogP contribution >= 0.6 is 0 Å². The van der Waals surface area contributed by atoms with E-state index in [4.69, 9.17) is 9.47 Å². The topological polar surface area (TPSA) is 61.8 Å². The van der Waals surface area contributed by atoms with E-state index in [9.17, 15) is 9.59 Å². The van der Waals surface area contributed by atoms with Crippen LogP contribution in [0.3, 0.4) is 0 Å². The lowest BCUT2D eigenvalue weighted by Crippen LogP contribution is -2.06. The zero-order valence-electron chi connectivity index (χ0n) is 15.7. The highest BCUT2D eigenvalue weighted by Gasteiger charge is 2.02. The first kappa shape index (κ1) is 21.5. The molecule has 0 saturated carbocycles. The number of esters is 2. The summed E-state index contributed by atoms with van der Waals surface area (Å²) in [4.78, 5) is 22.2. The molecule has 0 aliphatic heterocycles. The summed E-state index contributed by atoms with van der Waals surface area (Å²) < 4.78 is 15.3. The summed E-state index contributed by atoms with van der Waals surface area (Å²) in [7, 11) is 1.38. The van der Waals surface area contributed by atoms with Gasteiger partial charge in [-0.15, -0.1) is 0 Å². The molecule has 1 aromatic carbocycles. The summed E-state index contributed by atoms with van der Waals surface area (Å²) in [6, 6.07) is 7.71. The maximum Gasteiger partial charge on any atom is 0.333 e. The maximum atomic E-state index is 11.2. The van der Waals surface area contributed by atoms with Gasteiger partial charge >= 0.3 is 11.9 Å². The molecule has 0 bridgehead atoms. The number of rotatable bonds is 12. The second kappa shape index (κ2) is 12.8. The monoisotopic (exact) mass is 360 g/mol. The molecule has 142 valence electrons. The molecule has 1 aromatic rings. The molecule has 0 fully saturated rings. The number of hydrogen-bond acceptors (Lipinski definition) is 5. The van der Waals surface area contributed by atoms with Crippen LogP contribution in [0.5, 0.6) is 5.75 Å². The fraction of sp³-hybridized carbons (Fsp3) is 0.429. The molecular formula is C21H28O5. The van der Waals surface area contributed by atoms with Crippen molar-refractivity contribution in [1.29, 1.82) is 0 Å². The van der Waals surface area contributed by atoms with Crippen LogP contribution in [0.4, 0.5) is 0 Å². The van der Waals surface area contributed by atoms with Gasteiger partial charge in [0.25, 0.3) is 0 Å². The first-order chi connectivity index (χ1) is 12.5. The second-order valence-corrected chi connectivity index (χ2v) is 5.93. The van der Waals surface area contributed by atoms with E-state index in [0.717, 1.165) is 37.0 Å². The quantitative estimate of drug-likeness (QED) is 0.315. The lowest BCUT2D eigenvalue weighted by molar-refractivity contribution is -0.140. The van der Waals surface area contributed by atoms with Crippen LogP contribution < -0.4 is 4.74 Å². The lowest BCUT2D eigenvalue weighted by atomic mass is 10.2. The molecule has 0 saturated heterocycles. The normalized spacial score (nSPS) is 10.5. The number of benzene rings is 1. The number of methoxy groups -OCH3 is 1. The van der Waals surface area contributed by atoms with Gasteiger partial charge in [0.1, 0.15) is 5.75 Å². The average Bonchev–Trinajstić information content (AvgIpc) is 2.64. The van der Waals surface area contributed by atoms with Gasteiger partial charge in [0.05, 0.1) is 26.7 Å². The number of ether oxygens (including phenoxy) is 3. The van der Waals surface area contributed by atoms with Gasteiger partial charge < -0.3 is 14.2 Å². The number of hydrogen-bond donors (Lipinski definition) is 0. The minimum Gasteiger partial charge on any atom is -0.494 e. The molecular weight excluding hydrogens is 332 g/mol. The van der Waals surface area contributed by atoms with Gasteiger partial charge in [-0.2, -0.15) is 0 Å². The van der Waals surface area contributed by atoms with Crippen molar-refractivity contribution >= 4 is 18.0 Å². The number of carbonyl (C=O) groups excluding carboxylic acids is 2. The van der Waals surface area contributed by atoms with Crippen LogP contribution in [0.2, 0.25) is 0 Å².